The molecule has 0 saturated heterocycles. The average Bonchev–Trinajstić information content (AvgIpc) is 3.26. The molecule has 1 aromatic carbocycles. The van der Waals surface area contributed by atoms with Crippen molar-refractivity contribution < 1.29 is 24.2 Å². The number of amides is 2. The number of aliphatic hydroxyl groups excluding tert-OH is 1. The quantitative estimate of drug-likeness (QED) is 0.332. The van der Waals surface area contributed by atoms with Crippen LogP contribution in [0.5, 0.6) is 0 Å². The van der Waals surface area contributed by atoms with Gasteiger partial charge in [0.15, 0.2) is 5.82 Å². The van der Waals surface area contributed by atoms with Crippen molar-refractivity contribution in [1.82, 2.24) is 30.4 Å². The van der Waals surface area contributed by atoms with Gasteiger partial charge < -0.3 is 30.5 Å². The molecular weight excluding hydrogens is 442 g/mol. The van der Waals surface area contributed by atoms with Crippen LogP contribution >= 0.6 is 0 Å². The Morgan fingerprint density at radius 1 is 1.26 bits per heavy atom. The number of unbranched alkanes of at least 4 members (excludes halogenated alkanes) is 1. The summed E-state index contributed by atoms with van der Waals surface area (Å²) in [7, 11) is 1.63. The zero-order chi connectivity index (χ0) is 25.0. The van der Waals surface area contributed by atoms with Gasteiger partial charge in [-0.1, -0.05) is 30.3 Å². The zero-order valence-electron chi connectivity index (χ0n) is 20.0. The van der Waals surface area contributed by atoms with Crippen LogP contribution in [-0.4, -0.2) is 81.2 Å². The first kappa shape index (κ1) is 27.2. The fraction of sp³-hybridized carbons (Fsp3) is 0.591. The van der Waals surface area contributed by atoms with E-state index in [-0.39, 0.29) is 32.3 Å². The summed E-state index contributed by atoms with van der Waals surface area (Å²) < 4.78 is 12.6. The van der Waals surface area contributed by atoms with Crippen molar-refractivity contribution in [2.45, 2.75) is 51.4 Å². The van der Waals surface area contributed by atoms with Gasteiger partial charge in [-0.15, -0.1) is 5.10 Å². The molecule has 0 bridgehead atoms. The number of nitrogens with two attached hydrogens (primary N) is 1. The van der Waals surface area contributed by atoms with Crippen LogP contribution in [0.4, 0.5) is 4.79 Å². The predicted molar refractivity (Wildman–Crippen MR) is 123 cm³/mol. The van der Waals surface area contributed by atoms with Crippen LogP contribution in [0.25, 0.3) is 0 Å². The largest absolute Gasteiger partial charge is 0.447 e. The van der Waals surface area contributed by atoms with Gasteiger partial charge in [0.25, 0.3) is 0 Å². The van der Waals surface area contributed by atoms with Gasteiger partial charge in [-0.05, 0) is 42.7 Å². The number of benzene rings is 1. The molecule has 188 valence electrons. The molecule has 0 fully saturated rings. The number of carbonyl (C=O) groups excluding carboxylic acids is 2. The van der Waals surface area contributed by atoms with Crippen LogP contribution in [0.3, 0.4) is 0 Å². The molecule has 0 radical (unpaired) electrons. The maximum absolute atomic E-state index is 12.5. The van der Waals surface area contributed by atoms with Crippen LogP contribution < -0.4 is 11.1 Å². The molecule has 34 heavy (non-hydrogen) atoms. The number of aromatic nitrogens is 4. The summed E-state index contributed by atoms with van der Waals surface area (Å²) in [5.74, 6) is -0.0238. The third-order valence-electron chi connectivity index (χ3n) is 4.90. The summed E-state index contributed by atoms with van der Waals surface area (Å²) in [6.07, 6.45) is 0.819. The standard InChI is InChI=1S/C22H35N7O5/c1-22(2,23)20(31)24-18(16-33-15-17-9-5-4-6-10-17)19-25-26-27-29(19)12-14-34-21(32)28(3)11-7-8-13-30/h4-6,9-10,18,30H,7-8,11-16,23H2,1-3H3,(H,24,31)/t18-/m1/s1. The lowest BCUT2D eigenvalue weighted by atomic mass is 10.1. The van der Waals surface area contributed by atoms with Gasteiger partial charge in [-0.25, -0.2) is 9.48 Å². The summed E-state index contributed by atoms with van der Waals surface area (Å²) >= 11 is 0. The zero-order valence-corrected chi connectivity index (χ0v) is 20.0. The Morgan fingerprint density at radius 2 is 2.00 bits per heavy atom. The first-order valence-corrected chi connectivity index (χ1v) is 11.2. The predicted octanol–water partition coefficient (Wildman–Crippen LogP) is 0.625. The van der Waals surface area contributed by atoms with Crippen molar-refractivity contribution in [2.75, 3.05) is 33.4 Å². The molecule has 1 atom stereocenters. The Morgan fingerprint density at radius 3 is 2.68 bits per heavy atom. The first-order chi connectivity index (χ1) is 16.2. The van der Waals surface area contributed by atoms with Crippen molar-refractivity contribution in [2.24, 2.45) is 5.73 Å². The molecule has 1 aromatic heterocycles. The van der Waals surface area contributed by atoms with Crippen LogP contribution in [0, 0.1) is 0 Å². The molecule has 12 heteroatoms. The van der Waals surface area contributed by atoms with Gasteiger partial charge in [0, 0.05) is 20.2 Å². The summed E-state index contributed by atoms with van der Waals surface area (Å²) in [6.45, 7) is 4.46. The van der Waals surface area contributed by atoms with E-state index in [4.69, 9.17) is 20.3 Å². The number of hydrogen-bond donors (Lipinski definition) is 3. The molecule has 0 saturated carbocycles. The lowest BCUT2D eigenvalue weighted by Crippen LogP contribution is -2.51. The number of hydrogen-bond acceptors (Lipinski definition) is 9. The highest BCUT2D eigenvalue weighted by molar-refractivity contribution is 5.85. The van der Waals surface area contributed by atoms with Crippen LogP contribution in [0.1, 0.15) is 44.1 Å². The second-order valence-corrected chi connectivity index (χ2v) is 8.48. The molecule has 0 aliphatic carbocycles. The number of carbonyl (C=O) groups is 2. The number of nitrogens with zero attached hydrogens (tertiary/aromatic N) is 5. The number of aliphatic hydroxyl groups is 1. The van der Waals surface area contributed by atoms with Crippen LogP contribution in [0.2, 0.25) is 0 Å². The van der Waals surface area contributed by atoms with E-state index in [1.807, 2.05) is 30.3 Å². The third-order valence-corrected chi connectivity index (χ3v) is 4.90. The SMILES string of the molecule is CN(CCCCO)C(=O)OCCn1nnnc1[C@@H](COCc1ccccc1)NC(=O)C(C)(C)N. The molecule has 12 nitrogen and oxygen atoms in total. The molecule has 2 aromatic rings. The third kappa shape index (κ3) is 9.04. The van der Waals surface area contributed by atoms with Crippen molar-refractivity contribution >= 4 is 12.0 Å². The van der Waals surface area contributed by atoms with E-state index in [1.165, 1.54) is 9.58 Å². The monoisotopic (exact) mass is 477 g/mol. The highest BCUT2D eigenvalue weighted by Gasteiger charge is 2.28. The lowest BCUT2D eigenvalue weighted by molar-refractivity contribution is -0.126. The molecule has 0 aliphatic rings. The highest BCUT2D eigenvalue weighted by Crippen LogP contribution is 2.13. The number of tetrazole rings is 1. The second-order valence-electron chi connectivity index (χ2n) is 8.48. The van der Waals surface area contributed by atoms with Gasteiger partial charge in [0.05, 0.1) is 25.3 Å². The van der Waals surface area contributed by atoms with Gasteiger partial charge in [-0.2, -0.15) is 0 Å². The number of nitrogens with one attached hydrogen (secondary N) is 1. The molecule has 0 unspecified atom stereocenters. The maximum atomic E-state index is 12.5. The van der Waals surface area contributed by atoms with Gasteiger partial charge in [0.1, 0.15) is 12.6 Å². The topological polar surface area (TPSA) is 158 Å². The Bertz CT molecular complexity index is 885. The summed E-state index contributed by atoms with van der Waals surface area (Å²) in [6, 6.07) is 8.97. The lowest BCUT2D eigenvalue weighted by Gasteiger charge is -2.24. The van der Waals surface area contributed by atoms with Crippen molar-refractivity contribution in [1.29, 1.82) is 0 Å². The fourth-order valence-corrected chi connectivity index (χ4v) is 2.90. The Hall–Kier alpha value is -3.09. The van der Waals surface area contributed by atoms with E-state index in [0.717, 1.165) is 5.56 Å². The highest BCUT2D eigenvalue weighted by atomic mass is 16.6. The smallest absolute Gasteiger partial charge is 0.409 e. The number of ether oxygens (including phenoxy) is 2. The molecule has 2 rings (SSSR count). The minimum absolute atomic E-state index is 0.0368. The van der Waals surface area contributed by atoms with Gasteiger partial charge in [0.2, 0.25) is 5.91 Å². The van der Waals surface area contributed by atoms with E-state index >= 15 is 0 Å². The maximum Gasteiger partial charge on any atom is 0.409 e. The van der Waals surface area contributed by atoms with E-state index < -0.39 is 17.7 Å². The van der Waals surface area contributed by atoms with Crippen LogP contribution in [0.15, 0.2) is 30.3 Å². The normalized spacial score (nSPS) is 12.3. The molecule has 2 amide bonds. The minimum Gasteiger partial charge on any atom is -0.447 e. The second kappa shape index (κ2) is 13.6. The Balaban J connectivity index is 1.98. The van der Waals surface area contributed by atoms with Crippen molar-refractivity contribution in [3.8, 4) is 0 Å². The van der Waals surface area contributed by atoms with Crippen molar-refractivity contribution in [3.05, 3.63) is 41.7 Å². The van der Waals surface area contributed by atoms with Gasteiger partial charge in [-0.3, -0.25) is 4.79 Å². The van der Waals surface area contributed by atoms with E-state index in [1.54, 1.807) is 20.9 Å². The Labute approximate surface area is 199 Å². The van der Waals surface area contributed by atoms with E-state index in [0.29, 0.717) is 31.8 Å². The average molecular weight is 478 g/mol. The minimum atomic E-state index is -1.11. The Kier molecular flexibility index (Phi) is 10.8. The summed E-state index contributed by atoms with van der Waals surface area (Å²) in [4.78, 5) is 26.1. The summed E-state index contributed by atoms with van der Waals surface area (Å²) in [5.41, 5.74) is 5.82. The molecular formula is C22H35N7O5. The molecule has 0 aliphatic heterocycles. The fourth-order valence-electron chi connectivity index (χ4n) is 2.90. The van der Waals surface area contributed by atoms with Gasteiger partial charge >= 0.3 is 6.09 Å². The number of rotatable bonds is 14. The van der Waals surface area contributed by atoms with Crippen molar-refractivity contribution in [3.63, 3.8) is 0 Å². The van der Waals surface area contributed by atoms with E-state index in [9.17, 15) is 9.59 Å². The first-order valence-electron chi connectivity index (χ1n) is 11.2. The molecule has 4 N–H and O–H groups in total. The molecule has 1 heterocycles. The van der Waals surface area contributed by atoms with E-state index in [2.05, 4.69) is 20.8 Å². The van der Waals surface area contributed by atoms with Crippen LogP contribution in [-0.2, 0) is 27.4 Å². The summed E-state index contributed by atoms with van der Waals surface area (Å²) in [5, 5.41) is 23.4. The molecule has 0 spiro atoms.